The van der Waals surface area contributed by atoms with Gasteiger partial charge in [-0.05, 0) is 6.07 Å². The second-order valence-corrected chi connectivity index (χ2v) is 3.92. The first-order chi connectivity index (χ1) is 10.0. The van der Waals surface area contributed by atoms with Crippen molar-refractivity contribution in [2.75, 3.05) is 0 Å². The van der Waals surface area contributed by atoms with Gasteiger partial charge in [0.25, 0.3) is 11.8 Å². The Balaban J connectivity index is 2.30. The smallest absolute Gasteiger partial charge is 0.274 e. The van der Waals surface area contributed by atoms with Crippen molar-refractivity contribution in [2.45, 2.75) is 6.04 Å². The Kier molecular flexibility index (Phi) is 4.24. The van der Waals surface area contributed by atoms with Crippen LogP contribution in [0.2, 0.25) is 0 Å². The van der Waals surface area contributed by atoms with E-state index in [2.05, 4.69) is 14.7 Å². The van der Waals surface area contributed by atoms with Crippen LogP contribution in [0.5, 0.6) is 0 Å². The standard InChI is InChI=1S/C12H9F2N3O4/c13-6-1-2-7(8(14)3-6)10(12(19)17-20)16-11(18)9-4-21-5-15-9/h1-5,10,20H,(H,16,18)(H,17,19)/t10-/m0/s1. The van der Waals surface area contributed by atoms with E-state index >= 15 is 0 Å². The number of hydrogen-bond acceptors (Lipinski definition) is 5. The number of halogens is 2. The molecule has 0 radical (unpaired) electrons. The minimum Gasteiger partial charge on any atom is -0.451 e. The fourth-order valence-electron chi connectivity index (χ4n) is 1.61. The molecule has 0 spiro atoms. The van der Waals surface area contributed by atoms with E-state index in [1.54, 1.807) is 0 Å². The minimum atomic E-state index is -1.57. The highest BCUT2D eigenvalue weighted by molar-refractivity contribution is 5.96. The van der Waals surface area contributed by atoms with Crippen molar-refractivity contribution in [1.29, 1.82) is 0 Å². The molecule has 7 nitrogen and oxygen atoms in total. The monoisotopic (exact) mass is 297 g/mol. The van der Waals surface area contributed by atoms with E-state index in [1.807, 2.05) is 0 Å². The second kappa shape index (κ2) is 6.09. The first-order valence-corrected chi connectivity index (χ1v) is 5.61. The molecule has 0 saturated heterocycles. The van der Waals surface area contributed by atoms with E-state index in [0.29, 0.717) is 6.07 Å². The normalized spacial score (nSPS) is 11.8. The maximum Gasteiger partial charge on any atom is 0.274 e. The van der Waals surface area contributed by atoms with Gasteiger partial charge in [0.05, 0.1) is 0 Å². The third kappa shape index (κ3) is 3.20. The van der Waals surface area contributed by atoms with Gasteiger partial charge in [-0.1, -0.05) is 6.07 Å². The zero-order valence-electron chi connectivity index (χ0n) is 10.3. The molecule has 0 saturated carbocycles. The zero-order valence-corrected chi connectivity index (χ0v) is 10.3. The Labute approximate surface area is 116 Å². The second-order valence-electron chi connectivity index (χ2n) is 3.92. The molecule has 0 aliphatic carbocycles. The Bertz CT molecular complexity index is 661. The first-order valence-electron chi connectivity index (χ1n) is 5.61. The topological polar surface area (TPSA) is 104 Å². The molecule has 9 heteroatoms. The number of oxazole rings is 1. The van der Waals surface area contributed by atoms with Gasteiger partial charge in [-0.25, -0.2) is 19.2 Å². The fourth-order valence-corrected chi connectivity index (χ4v) is 1.61. The van der Waals surface area contributed by atoms with Gasteiger partial charge in [0.2, 0.25) is 0 Å². The Morgan fingerprint density at radius 3 is 2.67 bits per heavy atom. The molecule has 2 aromatic rings. The highest BCUT2D eigenvalue weighted by Crippen LogP contribution is 2.19. The number of nitrogens with one attached hydrogen (secondary N) is 2. The number of hydroxylamine groups is 1. The van der Waals surface area contributed by atoms with Crippen molar-refractivity contribution in [1.82, 2.24) is 15.8 Å². The maximum atomic E-state index is 13.7. The van der Waals surface area contributed by atoms with Gasteiger partial charge in [-0.15, -0.1) is 0 Å². The lowest BCUT2D eigenvalue weighted by Crippen LogP contribution is -2.39. The van der Waals surface area contributed by atoms with E-state index in [-0.39, 0.29) is 11.3 Å². The van der Waals surface area contributed by atoms with E-state index in [1.165, 1.54) is 5.48 Å². The fraction of sp³-hybridized carbons (Fsp3) is 0.0833. The summed E-state index contributed by atoms with van der Waals surface area (Å²) in [6.07, 6.45) is 2.01. The van der Waals surface area contributed by atoms with Crippen molar-refractivity contribution in [3.8, 4) is 0 Å². The molecule has 2 amide bonds. The van der Waals surface area contributed by atoms with Crippen LogP contribution in [-0.2, 0) is 4.79 Å². The van der Waals surface area contributed by atoms with Crippen LogP contribution in [0, 0.1) is 11.6 Å². The SMILES string of the molecule is O=C(N[C@H](C(=O)NO)c1ccc(F)cc1F)c1cocn1. The lowest BCUT2D eigenvalue weighted by atomic mass is 10.1. The molecule has 0 aliphatic rings. The van der Waals surface area contributed by atoms with Gasteiger partial charge in [-0.3, -0.25) is 14.8 Å². The molecule has 0 aliphatic heterocycles. The summed E-state index contributed by atoms with van der Waals surface area (Å²) in [4.78, 5) is 26.9. The van der Waals surface area contributed by atoms with Gasteiger partial charge in [-0.2, -0.15) is 0 Å². The summed E-state index contributed by atoms with van der Waals surface area (Å²) in [6, 6.07) is 0.876. The number of carbonyl (C=O) groups excluding carboxylic acids is 2. The van der Waals surface area contributed by atoms with Gasteiger partial charge in [0, 0.05) is 11.6 Å². The van der Waals surface area contributed by atoms with E-state index < -0.39 is 29.5 Å². The zero-order chi connectivity index (χ0) is 15.4. The van der Waals surface area contributed by atoms with Crippen molar-refractivity contribution < 1.29 is 28.0 Å². The van der Waals surface area contributed by atoms with Gasteiger partial charge >= 0.3 is 0 Å². The Morgan fingerprint density at radius 1 is 1.33 bits per heavy atom. The van der Waals surface area contributed by atoms with Crippen LogP contribution in [0.15, 0.2) is 35.3 Å². The third-order valence-corrected chi connectivity index (χ3v) is 2.59. The number of benzene rings is 1. The predicted molar refractivity (Wildman–Crippen MR) is 63.0 cm³/mol. The molecule has 1 atom stereocenters. The van der Waals surface area contributed by atoms with Crippen LogP contribution in [0.1, 0.15) is 22.1 Å². The molecular formula is C12H9F2N3O4. The molecule has 1 aromatic heterocycles. The summed E-state index contributed by atoms with van der Waals surface area (Å²) >= 11 is 0. The van der Waals surface area contributed by atoms with Crippen LogP contribution >= 0.6 is 0 Å². The Morgan fingerprint density at radius 2 is 2.10 bits per heavy atom. The molecule has 0 fully saturated rings. The maximum absolute atomic E-state index is 13.7. The van der Waals surface area contributed by atoms with Crippen LogP contribution in [0.25, 0.3) is 0 Å². The number of hydrogen-bond donors (Lipinski definition) is 3. The summed E-state index contributed by atoms with van der Waals surface area (Å²) < 4.78 is 31.2. The van der Waals surface area contributed by atoms with E-state index in [0.717, 1.165) is 24.8 Å². The van der Waals surface area contributed by atoms with Crippen LogP contribution in [0.4, 0.5) is 8.78 Å². The Hall–Kier alpha value is -2.81. The summed E-state index contributed by atoms with van der Waals surface area (Å²) in [5.74, 6) is -3.83. The highest BCUT2D eigenvalue weighted by Gasteiger charge is 2.26. The van der Waals surface area contributed by atoms with Crippen LogP contribution < -0.4 is 10.8 Å². The van der Waals surface area contributed by atoms with Gasteiger partial charge in [0.1, 0.15) is 23.9 Å². The number of amides is 2. The summed E-state index contributed by atoms with van der Waals surface area (Å²) in [5, 5.41) is 10.8. The number of aromatic nitrogens is 1. The summed E-state index contributed by atoms with van der Waals surface area (Å²) in [7, 11) is 0. The van der Waals surface area contributed by atoms with Crippen molar-refractivity contribution >= 4 is 11.8 Å². The van der Waals surface area contributed by atoms with E-state index in [9.17, 15) is 18.4 Å². The molecule has 0 unspecified atom stereocenters. The average Bonchev–Trinajstić information content (AvgIpc) is 2.98. The lowest BCUT2D eigenvalue weighted by molar-refractivity contribution is -0.131. The molecule has 0 bridgehead atoms. The molecular weight excluding hydrogens is 288 g/mol. The molecule has 110 valence electrons. The van der Waals surface area contributed by atoms with Crippen molar-refractivity contribution in [2.24, 2.45) is 0 Å². The van der Waals surface area contributed by atoms with Crippen LogP contribution in [0.3, 0.4) is 0 Å². The minimum absolute atomic E-state index is 0.145. The number of nitrogens with zero attached hydrogens (tertiary/aromatic N) is 1. The summed E-state index contributed by atoms with van der Waals surface area (Å²) in [6.45, 7) is 0. The summed E-state index contributed by atoms with van der Waals surface area (Å²) in [5.41, 5.74) is 0.833. The first kappa shape index (κ1) is 14.6. The number of rotatable bonds is 4. The quantitative estimate of drug-likeness (QED) is 0.575. The highest BCUT2D eigenvalue weighted by atomic mass is 19.1. The van der Waals surface area contributed by atoms with E-state index in [4.69, 9.17) is 5.21 Å². The van der Waals surface area contributed by atoms with Crippen molar-refractivity contribution in [3.63, 3.8) is 0 Å². The predicted octanol–water partition coefficient (Wildman–Crippen LogP) is 0.929. The molecule has 2 rings (SSSR count). The molecule has 1 aromatic carbocycles. The molecule has 21 heavy (non-hydrogen) atoms. The largest absolute Gasteiger partial charge is 0.451 e. The van der Waals surface area contributed by atoms with Gasteiger partial charge < -0.3 is 9.73 Å². The lowest BCUT2D eigenvalue weighted by Gasteiger charge is -2.17. The molecule has 3 N–H and O–H groups in total. The van der Waals surface area contributed by atoms with Crippen molar-refractivity contribution in [3.05, 3.63) is 53.7 Å². The molecule has 1 heterocycles. The van der Waals surface area contributed by atoms with Gasteiger partial charge in [0.15, 0.2) is 12.1 Å². The third-order valence-electron chi connectivity index (χ3n) is 2.59. The average molecular weight is 297 g/mol. The van der Waals surface area contributed by atoms with Crippen LogP contribution in [-0.4, -0.2) is 22.0 Å². The number of carbonyl (C=O) groups is 2.